The van der Waals surface area contributed by atoms with E-state index in [1.807, 2.05) is 39.0 Å². The van der Waals surface area contributed by atoms with Gasteiger partial charge in [-0.1, -0.05) is 12.1 Å². The van der Waals surface area contributed by atoms with E-state index >= 15 is 0 Å². The highest BCUT2D eigenvalue weighted by Crippen LogP contribution is 2.21. The van der Waals surface area contributed by atoms with E-state index in [0.29, 0.717) is 0 Å². The molecule has 15 heavy (non-hydrogen) atoms. The van der Waals surface area contributed by atoms with Gasteiger partial charge in [0.15, 0.2) is 0 Å². The second-order valence-corrected chi connectivity index (χ2v) is 3.85. The minimum atomic E-state index is 0.182. The summed E-state index contributed by atoms with van der Waals surface area (Å²) in [5, 5.41) is 13.9. The van der Waals surface area contributed by atoms with E-state index in [1.54, 1.807) is 10.7 Å². The number of nitrogens with zero attached hydrogens (tertiary/aromatic N) is 2. The third kappa shape index (κ3) is 1.73. The van der Waals surface area contributed by atoms with Gasteiger partial charge in [0.1, 0.15) is 0 Å². The zero-order valence-corrected chi connectivity index (χ0v) is 9.15. The minimum Gasteiger partial charge on any atom is -0.493 e. The summed E-state index contributed by atoms with van der Waals surface area (Å²) in [6, 6.07) is 7.75. The molecular weight excluding hydrogens is 188 g/mol. The predicted molar refractivity (Wildman–Crippen MR) is 59.4 cm³/mol. The van der Waals surface area contributed by atoms with Crippen molar-refractivity contribution >= 4 is 0 Å². The van der Waals surface area contributed by atoms with Crippen molar-refractivity contribution < 1.29 is 5.11 Å². The maximum absolute atomic E-state index is 9.70. The first kappa shape index (κ1) is 9.77. The molecule has 0 unspecified atom stereocenters. The van der Waals surface area contributed by atoms with Gasteiger partial charge in [-0.25, -0.2) is 4.68 Å². The first-order valence-electron chi connectivity index (χ1n) is 4.91. The quantitative estimate of drug-likeness (QED) is 0.771. The lowest BCUT2D eigenvalue weighted by Gasteiger charge is -2.07. The average molecular weight is 202 g/mol. The molecule has 0 saturated carbocycles. The summed E-state index contributed by atoms with van der Waals surface area (Å²) in [6.07, 6.45) is 0. The van der Waals surface area contributed by atoms with Crippen LogP contribution in [0.25, 0.3) is 5.69 Å². The average Bonchev–Trinajstić information content (AvgIpc) is 2.50. The van der Waals surface area contributed by atoms with Gasteiger partial charge in [-0.05, 0) is 38.0 Å². The van der Waals surface area contributed by atoms with Crippen LogP contribution in [0.5, 0.6) is 5.88 Å². The van der Waals surface area contributed by atoms with E-state index in [1.165, 1.54) is 0 Å². The summed E-state index contributed by atoms with van der Waals surface area (Å²) in [4.78, 5) is 0. The molecule has 0 radical (unpaired) electrons. The Hall–Kier alpha value is -1.77. The van der Waals surface area contributed by atoms with Gasteiger partial charge < -0.3 is 5.11 Å². The highest BCUT2D eigenvalue weighted by Gasteiger charge is 2.08. The third-order valence-electron chi connectivity index (χ3n) is 2.41. The fourth-order valence-corrected chi connectivity index (χ4v) is 1.61. The Bertz CT molecular complexity index is 500. The molecular formula is C12H14N2O. The number of benzene rings is 1. The molecule has 0 fully saturated rings. The Morgan fingerprint density at radius 1 is 1.13 bits per heavy atom. The van der Waals surface area contributed by atoms with Gasteiger partial charge >= 0.3 is 0 Å². The predicted octanol–water partition coefficient (Wildman–Crippen LogP) is 2.50. The molecule has 0 saturated heterocycles. The molecule has 0 aliphatic heterocycles. The van der Waals surface area contributed by atoms with Gasteiger partial charge in [0.2, 0.25) is 5.88 Å². The van der Waals surface area contributed by atoms with E-state index < -0.39 is 0 Å². The normalized spacial score (nSPS) is 10.6. The van der Waals surface area contributed by atoms with Crippen LogP contribution < -0.4 is 0 Å². The second-order valence-electron chi connectivity index (χ2n) is 3.85. The Labute approximate surface area is 89.0 Å². The van der Waals surface area contributed by atoms with E-state index in [9.17, 15) is 5.11 Å². The maximum atomic E-state index is 9.70. The molecule has 1 aromatic carbocycles. The van der Waals surface area contributed by atoms with Crippen LogP contribution in [-0.4, -0.2) is 14.9 Å². The Kier molecular flexibility index (Phi) is 2.23. The number of aromatic hydroxyl groups is 1. The molecule has 0 aliphatic carbocycles. The van der Waals surface area contributed by atoms with Crippen LogP contribution >= 0.6 is 0 Å². The fourth-order valence-electron chi connectivity index (χ4n) is 1.61. The highest BCUT2D eigenvalue weighted by atomic mass is 16.3. The van der Waals surface area contributed by atoms with Crippen molar-refractivity contribution in [1.82, 2.24) is 9.78 Å². The molecule has 2 rings (SSSR count). The zero-order chi connectivity index (χ0) is 11.0. The standard InChI is InChI=1S/C12H14N2O/c1-8-4-5-9(2)11(6-8)14-12(15)7-10(3)13-14/h4-7,15H,1-3H3. The number of rotatable bonds is 1. The second kappa shape index (κ2) is 3.42. The van der Waals surface area contributed by atoms with Crippen molar-refractivity contribution in [3.63, 3.8) is 0 Å². The number of aromatic nitrogens is 2. The van der Waals surface area contributed by atoms with Crippen LogP contribution in [0, 0.1) is 20.8 Å². The van der Waals surface area contributed by atoms with Crippen LogP contribution in [-0.2, 0) is 0 Å². The smallest absolute Gasteiger partial charge is 0.214 e. The van der Waals surface area contributed by atoms with Gasteiger partial charge in [0.05, 0.1) is 11.4 Å². The molecule has 78 valence electrons. The number of hydrogen-bond acceptors (Lipinski definition) is 2. The fraction of sp³-hybridized carbons (Fsp3) is 0.250. The van der Waals surface area contributed by atoms with Crippen LogP contribution in [0.15, 0.2) is 24.3 Å². The Balaban J connectivity index is 2.62. The molecule has 3 heteroatoms. The molecule has 0 bridgehead atoms. The number of aryl methyl sites for hydroxylation is 3. The largest absolute Gasteiger partial charge is 0.493 e. The summed E-state index contributed by atoms with van der Waals surface area (Å²) >= 11 is 0. The van der Waals surface area contributed by atoms with Crippen molar-refractivity contribution in [2.24, 2.45) is 0 Å². The lowest BCUT2D eigenvalue weighted by atomic mass is 10.1. The highest BCUT2D eigenvalue weighted by molar-refractivity contribution is 5.44. The van der Waals surface area contributed by atoms with E-state index in [-0.39, 0.29) is 5.88 Å². The summed E-state index contributed by atoms with van der Waals surface area (Å²) in [7, 11) is 0. The van der Waals surface area contributed by atoms with Gasteiger partial charge in [0.25, 0.3) is 0 Å². The molecule has 0 aliphatic rings. The van der Waals surface area contributed by atoms with Crippen LogP contribution in [0.3, 0.4) is 0 Å². The molecule has 1 aromatic heterocycles. The zero-order valence-electron chi connectivity index (χ0n) is 9.15. The van der Waals surface area contributed by atoms with E-state index in [0.717, 1.165) is 22.5 Å². The SMILES string of the molecule is Cc1ccc(C)c(-n2nc(C)cc2O)c1. The van der Waals surface area contributed by atoms with Crippen LogP contribution in [0.4, 0.5) is 0 Å². The topological polar surface area (TPSA) is 38.0 Å². The van der Waals surface area contributed by atoms with Crippen LogP contribution in [0.2, 0.25) is 0 Å². The molecule has 0 amide bonds. The summed E-state index contributed by atoms with van der Waals surface area (Å²) in [6.45, 7) is 5.89. The maximum Gasteiger partial charge on any atom is 0.214 e. The van der Waals surface area contributed by atoms with Crippen molar-refractivity contribution in [2.75, 3.05) is 0 Å². The number of hydrogen-bond donors (Lipinski definition) is 1. The van der Waals surface area contributed by atoms with Crippen molar-refractivity contribution in [1.29, 1.82) is 0 Å². The van der Waals surface area contributed by atoms with Crippen molar-refractivity contribution in [2.45, 2.75) is 20.8 Å². The molecule has 0 atom stereocenters. The molecule has 2 aromatic rings. The van der Waals surface area contributed by atoms with Crippen LogP contribution in [0.1, 0.15) is 16.8 Å². The summed E-state index contributed by atoms with van der Waals surface area (Å²) < 4.78 is 1.57. The van der Waals surface area contributed by atoms with Gasteiger partial charge in [-0.2, -0.15) is 5.10 Å². The lowest BCUT2D eigenvalue weighted by molar-refractivity contribution is 0.433. The van der Waals surface area contributed by atoms with Crippen molar-refractivity contribution in [3.8, 4) is 11.6 Å². The van der Waals surface area contributed by atoms with Gasteiger partial charge in [-0.15, -0.1) is 0 Å². The summed E-state index contributed by atoms with van der Waals surface area (Å²) in [5.41, 5.74) is 4.00. The minimum absolute atomic E-state index is 0.182. The molecule has 1 N–H and O–H groups in total. The van der Waals surface area contributed by atoms with E-state index in [2.05, 4.69) is 5.10 Å². The lowest BCUT2D eigenvalue weighted by Crippen LogP contribution is -1.99. The Morgan fingerprint density at radius 3 is 2.47 bits per heavy atom. The Morgan fingerprint density at radius 2 is 1.87 bits per heavy atom. The summed E-state index contributed by atoms with van der Waals surface area (Å²) in [5.74, 6) is 0.182. The first-order valence-corrected chi connectivity index (χ1v) is 4.91. The van der Waals surface area contributed by atoms with E-state index in [4.69, 9.17) is 0 Å². The van der Waals surface area contributed by atoms with Crippen molar-refractivity contribution in [3.05, 3.63) is 41.1 Å². The molecule has 0 spiro atoms. The van der Waals surface area contributed by atoms with Gasteiger partial charge in [-0.3, -0.25) is 0 Å². The van der Waals surface area contributed by atoms with Gasteiger partial charge in [0, 0.05) is 6.07 Å². The third-order valence-corrected chi connectivity index (χ3v) is 2.41. The monoisotopic (exact) mass is 202 g/mol. The molecule has 3 nitrogen and oxygen atoms in total. The molecule has 1 heterocycles. The first-order chi connectivity index (χ1) is 7.08.